The molecule has 19 heavy (non-hydrogen) atoms. The van der Waals surface area contributed by atoms with E-state index in [0.717, 1.165) is 0 Å². The van der Waals surface area contributed by atoms with Gasteiger partial charge >= 0.3 is 0 Å². The first-order valence-electron chi connectivity index (χ1n) is 6.08. The maximum Gasteiger partial charge on any atom is 0.240 e. The van der Waals surface area contributed by atoms with Crippen molar-refractivity contribution in [1.82, 2.24) is 5.32 Å². The first-order chi connectivity index (χ1) is 8.73. The fraction of sp³-hybridized carbons (Fsp3) is 0.667. The molecule has 5 N–H and O–H groups in total. The van der Waals surface area contributed by atoms with E-state index >= 15 is 0 Å². The van der Waals surface area contributed by atoms with Gasteiger partial charge in [-0.05, 0) is 26.7 Å². The number of hydrogen-bond donors (Lipinski definition) is 3. The molecule has 2 atom stereocenters. The second kappa shape index (κ2) is 8.36. The van der Waals surface area contributed by atoms with Crippen molar-refractivity contribution in [1.29, 1.82) is 0 Å². The molecular weight excluding hydrogens is 250 g/mol. The van der Waals surface area contributed by atoms with Crippen LogP contribution in [0.5, 0.6) is 0 Å². The van der Waals surface area contributed by atoms with Gasteiger partial charge in [0.1, 0.15) is 17.6 Å². The summed E-state index contributed by atoms with van der Waals surface area (Å²) < 4.78 is 0. The van der Waals surface area contributed by atoms with E-state index in [-0.39, 0.29) is 37.2 Å². The van der Waals surface area contributed by atoms with Crippen molar-refractivity contribution in [2.75, 3.05) is 0 Å². The first-order valence-corrected chi connectivity index (χ1v) is 6.08. The second-order valence-corrected chi connectivity index (χ2v) is 4.55. The zero-order chi connectivity index (χ0) is 15.0. The largest absolute Gasteiger partial charge is 0.368 e. The molecule has 0 aliphatic rings. The van der Waals surface area contributed by atoms with E-state index in [2.05, 4.69) is 5.32 Å². The molecule has 108 valence electrons. The van der Waals surface area contributed by atoms with E-state index in [4.69, 9.17) is 11.5 Å². The van der Waals surface area contributed by atoms with E-state index in [1.165, 1.54) is 13.8 Å². The molecule has 7 heteroatoms. The Bertz CT molecular complexity index is 368. The minimum atomic E-state index is -0.917. The highest BCUT2D eigenvalue weighted by atomic mass is 16.2. The zero-order valence-corrected chi connectivity index (χ0v) is 11.3. The minimum Gasteiger partial charge on any atom is -0.368 e. The van der Waals surface area contributed by atoms with E-state index in [1.54, 1.807) is 0 Å². The molecule has 0 aliphatic carbocycles. The number of nitrogens with one attached hydrogen (secondary N) is 1. The van der Waals surface area contributed by atoms with Crippen molar-refractivity contribution in [3.8, 4) is 0 Å². The van der Waals surface area contributed by atoms with Gasteiger partial charge in [0.05, 0.1) is 6.04 Å². The van der Waals surface area contributed by atoms with E-state index in [0.29, 0.717) is 0 Å². The van der Waals surface area contributed by atoms with Crippen LogP contribution in [0, 0.1) is 0 Å². The Labute approximate surface area is 112 Å². The lowest BCUT2D eigenvalue weighted by atomic mass is 10.1. The standard InChI is InChI=1S/C12H21N3O4/c1-7(16)3-5-9(13)12(19)15-10(11(14)18)6-4-8(2)17/h9-10H,3-6,13H2,1-2H3,(H2,14,18)(H,15,19). The number of nitrogens with two attached hydrogens (primary N) is 2. The molecule has 2 amide bonds. The molecule has 0 aliphatic heterocycles. The number of carbonyl (C=O) groups excluding carboxylic acids is 4. The molecule has 0 aromatic rings. The van der Waals surface area contributed by atoms with Gasteiger partial charge in [0, 0.05) is 12.8 Å². The second-order valence-electron chi connectivity index (χ2n) is 4.55. The molecule has 2 unspecified atom stereocenters. The molecule has 0 rings (SSSR count). The monoisotopic (exact) mass is 271 g/mol. The van der Waals surface area contributed by atoms with Crippen LogP contribution in [-0.4, -0.2) is 35.5 Å². The molecule has 0 bridgehead atoms. The molecular formula is C12H21N3O4. The Balaban J connectivity index is 4.33. The van der Waals surface area contributed by atoms with Crippen LogP contribution >= 0.6 is 0 Å². The quantitative estimate of drug-likeness (QED) is 0.496. The molecule has 7 nitrogen and oxygen atoms in total. The number of Topliss-reactive ketones (excluding diaryl/α,β-unsaturated/α-hetero) is 2. The van der Waals surface area contributed by atoms with Crippen LogP contribution in [0.1, 0.15) is 39.5 Å². The number of carbonyl (C=O) groups is 4. The normalized spacial score (nSPS) is 13.4. The Hall–Kier alpha value is -1.76. The maximum absolute atomic E-state index is 11.7. The van der Waals surface area contributed by atoms with Crippen molar-refractivity contribution >= 4 is 23.4 Å². The summed E-state index contributed by atoms with van der Waals surface area (Å²) in [5, 5.41) is 2.39. The van der Waals surface area contributed by atoms with Crippen molar-refractivity contribution in [3.05, 3.63) is 0 Å². The van der Waals surface area contributed by atoms with Gasteiger partial charge in [-0.3, -0.25) is 9.59 Å². The summed E-state index contributed by atoms with van der Waals surface area (Å²) in [6, 6.07) is -1.79. The summed E-state index contributed by atoms with van der Waals surface area (Å²) in [7, 11) is 0. The lowest BCUT2D eigenvalue weighted by molar-refractivity contribution is -0.129. The van der Waals surface area contributed by atoms with Crippen LogP contribution in [0.3, 0.4) is 0 Å². The van der Waals surface area contributed by atoms with Gasteiger partial charge in [0.2, 0.25) is 11.8 Å². The van der Waals surface area contributed by atoms with Gasteiger partial charge in [-0.15, -0.1) is 0 Å². The number of ketones is 2. The van der Waals surface area contributed by atoms with E-state index in [9.17, 15) is 19.2 Å². The van der Waals surface area contributed by atoms with Crippen LogP contribution in [0.4, 0.5) is 0 Å². The first kappa shape index (κ1) is 17.2. The van der Waals surface area contributed by atoms with Crippen molar-refractivity contribution in [2.45, 2.75) is 51.6 Å². The minimum absolute atomic E-state index is 0.0636. The third-order valence-electron chi connectivity index (χ3n) is 2.59. The molecule has 0 saturated heterocycles. The molecule has 0 aromatic carbocycles. The van der Waals surface area contributed by atoms with Crippen molar-refractivity contribution < 1.29 is 19.2 Å². The average molecular weight is 271 g/mol. The molecule has 0 radical (unpaired) electrons. The van der Waals surface area contributed by atoms with Crippen LogP contribution < -0.4 is 16.8 Å². The number of primary amides is 1. The van der Waals surface area contributed by atoms with Crippen LogP contribution in [0.2, 0.25) is 0 Å². The zero-order valence-electron chi connectivity index (χ0n) is 11.3. The predicted molar refractivity (Wildman–Crippen MR) is 68.9 cm³/mol. The highest BCUT2D eigenvalue weighted by Crippen LogP contribution is 2.01. The summed E-state index contributed by atoms with van der Waals surface area (Å²) in [5.41, 5.74) is 10.7. The van der Waals surface area contributed by atoms with Gasteiger partial charge in [-0.25, -0.2) is 0 Å². The molecule has 0 heterocycles. The van der Waals surface area contributed by atoms with Crippen molar-refractivity contribution in [2.24, 2.45) is 11.5 Å². The van der Waals surface area contributed by atoms with Gasteiger partial charge in [0.15, 0.2) is 0 Å². The Morgan fingerprint density at radius 2 is 1.47 bits per heavy atom. The van der Waals surface area contributed by atoms with Gasteiger partial charge in [0.25, 0.3) is 0 Å². The summed E-state index contributed by atoms with van der Waals surface area (Å²) in [4.78, 5) is 44.4. The Morgan fingerprint density at radius 1 is 1.00 bits per heavy atom. The number of hydrogen-bond acceptors (Lipinski definition) is 5. The fourth-order valence-electron chi connectivity index (χ4n) is 1.40. The summed E-state index contributed by atoms with van der Waals surface area (Å²) in [6.45, 7) is 2.79. The SMILES string of the molecule is CC(=O)CCC(N)C(=O)NC(CCC(C)=O)C(N)=O. The van der Waals surface area contributed by atoms with Crippen LogP contribution in [0.15, 0.2) is 0 Å². The third kappa shape index (κ3) is 8.04. The fourth-order valence-corrected chi connectivity index (χ4v) is 1.40. The summed E-state index contributed by atoms with van der Waals surface area (Å²) in [6.07, 6.45) is 0.703. The average Bonchev–Trinajstić information content (AvgIpc) is 2.30. The summed E-state index contributed by atoms with van der Waals surface area (Å²) >= 11 is 0. The van der Waals surface area contributed by atoms with E-state index in [1.807, 2.05) is 0 Å². The smallest absolute Gasteiger partial charge is 0.240 e. The molecule has 0 fully saturated rings. The molecule has 0 saturated carbocycles. The lowest BCUT2D eigenvalue weighted by Crippen LogP contribution is -2.50. The van der Waals surface area contributed by atoms with Crippen LogP contribution in [-0.2, 0) is 19.2 Å². The highest BCUT2D eigenvalue weighted by molar-refractivity contribution is 5.89. The van der Waals surface area contributed by atoms with Gasteiger partial charge in [-0.2, -0.15) is 0 Å². The third-order valence-corrected chi connectivity index (χ3v) is 2.59. The van der Waals surface area contributed by atoms with Crippen molar-refractivity contribution in [3.63, 3.8) is 0 Å². The van der Waals surface area contributed by atoms with Crippen LogP contribution in [0.25, 0.3) is 0 Å². The Kier molecular flexibility index (Phi) is 7.59. The topological polar surface area (TPSA) is 132 Å². The Morgan fingerprint density at radius 3 is 1.89 bits per heavy atom. The van der Waals surface area contributed by atoms with Gasteiger partial charge < -0.3 is 26.4 Å². The van der Waals surface area contributed by atoms with Gasteiger partial charge in [-0.1, -0.05) is 0 Å². The molecule has 0 spiro atoms. The number of rotatable bonds is 9. The predicted octanol–water partition coefficient (Wildman–Crippen LogP) is -0.978. The lowest BCUT2D eigenvalue weighted by Gasteiger charge is -2.17. The summed E-state index contributed by atoms with van der Waals surface area (Å²) in [5.74, 6) is -1.42. The maximum atomic E-state index is 11.7. The highest BCUT2D eigenvalue weighted by Gasteiger charge is 2.22. The number of amides is 2. The molecule has 0 aromatic heterocycles. The van der Waals surface area contributed by atoms with E-state index < -0.39 is 23.9 Å².